The molecule has 2 N–H and O–H groups in total. The summed E-state index contributed by atoms with van der Waals surface area (Å²) in [4.78, 5) is 13.1. The molecule has 2 aromatic carbocycles. The van der Waals surface area contributed by atoms with Gasteiger partial charge in [0.15, 0.2) is 0 Å². The third kappa shape index (κ3) is 9.36. The largest absolute Gasteiger partial charge is 0.508 e. The van der Waals surface area contributed by atoms with Gasteiger partial charge in [-0.25, -0.2) is 0 Å². The molecule has 38 heavy (non-hydrogen) atoms. The van der Waals surface area contributed by atoms with E-state index in [1.807, 2.05) is 52.0 Å². The molecule has 0 aliphatic carbocycles. The Labute approximate surface area is 231 Å². The third-order valence-corrected chi connectivity index (χ3v) is 7.83. The monoisotopic (exact) mass is 524 g/mol. The summed E-state index contributed by atoms with van der Waals surface area (Å²) in [5, 5.41) is 20.8. The van der Waals surface area contributed by atoms with Crippen LogP contribution < -0.4 is 0 Å². The second-order valence-corrected chi connectivity index (χ2v) is 11.8. The Balaban J connectivity index is 2.07. The lowest BCUT2D eigenvalue weighted by Gasteiger charge is -2.32. The Bertz CT molecular complexity index is 934. The van der Waals surface area contributed by atoms with Crippen molar-refractivity contribution in [3.05, 3.63) is 58.7 Å². The maximum absolute atomic E-state index is 13.1. The van der Waals surface area contributed by atoms with Gasteiger partial charge in [-0.2, -0.15) is 0 Å². The number of esters is 1. The Morgan fingerprint density at radius 1 is 0.737 bits per heavy atom. The van der Waals surface area contributed by atoms with Crippen LogP contribution in [0.4, 0.5) is 0 Å². The number of phenolic OH excluding ortho intramolecular Hbond substituents is 2. The molecule has 0 saturated carbocycles. The fourth-order valence-corrected chi connectivity index (χ4v) is 5.21. The minimum Gasteiger partial charge on any atom is -0.508 e. The summed E-state index contributed by atoms with van der Waals surface area (Å²) < 4.78 is 5.72. The first-order valence-corrected chi connectivity index (χ1v) is 14.9. The number of rotatable bonds is 17. The molecule has 0 saturated heterocycles. The number of phenols is 2. The first kappa shape index (κ1) is 31.7. The maximum atomic E-state index is 13.1. The number of hydrogen-bond donors (Lipinski definition) is 2. The van der Waals surface area contributed by atoms with Crippen molar-refractivity contribution in [3.8, 4) is 11.5 Å². The molecule has 0 aliphatic rings. The zero-order chi connectivity index (χ0) is 28.1. The van der Waals surface area contributed by atoms with Crippen LogP contribution in [-0.4, -0.2) is 22.8 Å². The standard InChI is InChI=1S/C34H52O4/c1-7-8-9-10-11-12-13-14-15-16-21-38-33(37)24-34(6,27-17-19-31(35)29(22-27)25(2)3)28-18-20-32(36)30(23-28)26(4)5/h17-20,22-23,25-26,35-36H,7-16,21,24H2,1-6H3. The van der Waals surface area contributed by atoms with Crippen molar-refractivity contribution in [3.63, 3.8) is 0 Å². The van der Waals surface area contributed by atoms with E-state index in [-0.39, 0.29) is 35.7 Å². The molecule has 0 fully saturated rings. The highest BCUT2D eigenvalue weighted by Crippen LogP contribution is 2.41. The molecule has 0 spiro atoms. The minimum absolute atomic E-state index is 0.147. The molecular weight excluding hydrogens is 472 g/mol. The normalized spacial score (nSPS) is 11.9. The van der Waals surface area contributed by atoms with Gasteiger partial charge in [0.1, 0.15) is 11.5 Å². The van der Waals surface area contributed by atoms with Gasteiger partial charge in [0.2, 0.25) is 0 Å². The van der Waals surface area contributed by atoms with Crippen LogP contribution in [0.3, 0.4) is 0 Å². The fourth-order valence-electron chi connectivity index (χ4n) is 5.21. The number of aromatic hydroxyl groups is 2. The highest BCUT2D eigenvalue weighted by atomic mass is 16.5. The van der Waals surface area contributed by atoms with Crippen LogP contribution in [0.1, 0.15) is 146 Å². The fraction of sp³-hybridized carbons (Fsp3) is 0.618. The zero-order valence-corrected chi connectivity index (χ0v) is 24.8. The van der Waals surface area contributed by atoms with Gasteiger partial charge in [-0.05, 0) is 52.6 Å². The number of ether oxygens (including phenoxy) is 1. The van der Waals surface area contributed by atoms with Crippen LogP contribution in [-0.2, 0) is 14.9 Å². The van der Waals surface area contributed by atoms with E-state index < -0.39 is 5.41 Å². The molecule has 2 rings (SSSR count). The average Bonchev–Trinajstić information content (AvgIpc) is 2.87. The average molecular weight is 525 g/mol. The summed E-state index contributed by atoms with van der Waals surface area (Å²) in [5.41, 5.74) is 2.96. The highest BCUT2D eigenvalue weighted by molar-refractivity contribution is 5.73. The van der Waals surface area contributed by atoms with Gasteiger partial charge in [0.25, 0.3) is 0 Å². The van der Waals surface area contributed by atoms with Crippen molar-refractivity contribution in [2.24, 2.45) is 0 Å². The molecular formula is C34H52O4. The zero-order valence-electron chi connectivity index (χ0n) is 24.8. The van der Waals surface area contributed by atoms with Crippen molar-refractivity contribution in [2.75, 3.05) is 6.61 Å². The van der Waals surface area contributed by atoms with Crippen LogP contribution in [0.2, 0.25) is 0 Å². The molecule has 212 valence electrons. The molecule has 0 aliphatic heterocycles. The number of carbonyl (C=O) groups is 1. The molecule has 0 aromatic heterocycles. The minimum atomic E-state index is -0.663. The van der Waals surface area contributed by atoms with Gasteiger partial charge in [0, 0.05) is 5.41 Å². The predicted molar refractivity (Wildman–Crippen MR) is 158 cm³/mol. The van der Waals surface area contributed by atoms with E-state index in [1.165, 1.54) is 51.4 Å². The number of benzene rings is 2. The lowest BCUT2D eigenvalue weighted by molar-refractivity contribution is -0.144. The summed E-state index contributed by atoms with van der Waals surface area (Å²) in [5.74, 6) is 0.607. The molecule has 0 bridgehead atoms. The molecule has 4 nitrogen and oxygen atoms in total. The lowest BCUT2D eigenvalue weighted by Crippen LogP contribution is -2.29. The summed E-state index contributed by atoms with van der Waals surface area (Å²) >= 11 is 0. The lowest BCUT2D eigenvalue weighted by atomic mass is 9.72. The molecule has 0 radical (unpaired) electrons. The Morgan fingerprint density at radius 3 is 1.58 bits per heavy atom. The van der Waals surface area contributed by atoms with Gasteiger partial charge in [-0.15, -0.1) is 0 Å². The summed E-state index contributed by atoms with van der Waals surface area (Å²) in [6, 6.07) is 11.3. The molecule has 4 heteroatoms. The van der Waals surface area contributed by atoms with Gasteiger partial charge in [-0.1, -0.05) is 124 Å². The summed E-state index contributed by atoms with van der Waals surface area (Å²) in [6.45, 7) is 13.0. The highest BCUT2D eigenvalue weighted by Gasteiger charge is 2.34. The van der Waals surface area contributed by atoms with Crippen molar-refractivity contribution in [1.29, 1.82) is 0 Å². The van der Waals surface area contributed by atoms with E-state index in [9.17, 15) is 15.0 Å². The third-order valence-electron chi connectivity index (χ3n) is 7.83. The van der Waals surface area contributed by atoms with Crippen LogP contribution in [0.15, 0.2) is 36.4 Å². The summed E-state index contributed by atoms with van der Waals surface area (Å²) in [6.07, 6.45) is 12.6. The molecule has 0 unspecified atom stereocenters. The van der Waals surface area contributed by atoms with Gasteiger partial charge >= 0.3 is 5.97 Å². The first-order valence-electron chi connectivity index (χ1n) is 14.9. The van der Waals surface area contributed by atoms with Gasteiger partial charge < -0.3 is 14.9 Å². The van der Waals surface area contributed by atoms with Crippen molar-refractivity contribution in [2.45, 2.75) is 129 Å². The second kappa shape index (κ2) is 15.8. The van der Waals surface area contributed by atoms with Crippen LogP contribution >= 0.6 is 0 Å². The van der Waals surface area contributed by atoms with E-state index >= 15 is 0 Å². The Morgan fingerprint density at radius 2 is 1.16 bits per heavy atom. The van der Waals surface area contributed by atoms with E-state index in [0.29, 0.717) is 6.61 Å². The Hall–Kier alpha value is -2.49. The molecule has 2 aromatic rings. The quantitative estimate of drug-likeness (QED) is 0.160. The first-order chi connectivity index (χ1) is 18.1. The second-order valence-electron chi connectivity index (χ2n) is 11.8. The molecule has 0 heterocycles. The van der Waals surface area contributed by atoms with E-state index in [2.05, 4.69) is 13.8 Å². The molecule has 0 amide bonds. The van der Waals surface area contributed by atoms with Gasteiger partial charge in [0.05, 0.1) is 13.0 Å². The SMILES string of the molecule is CCCCCCCCCCCCOC(=O)CC(C)(c1ccc(O)c(C(C)C)c1)c1ccc(O)c(C(C)C)c1. The molecule has 0 atom stereocenters. The van der Waals surface area contributed by atoms with Crippen LogP contribution in [0, 0.1) is 0 Å². The smallest absolute Gasteiger partial charge is 0.307 e. The van der Waals surface area contributed by atoms with E-state index in [4.69, 9.17) is 4.74 Å². The maximum Gasteiger partial charge on any atom is 0.307 e. The van der Waals surface area contributed by atoms with Crippen molar-refractivity contribution < 1.29 is 19.7 Å². The predicted octanol–water partition coefficient (Wildman–Crippen LogP) is 9.50. The number of carbonyl (C=O) groups excluding carboxylic acids is 1. The Kier molecular flexibility index (Phi) is 13.2. The number of hydrogen-bond acceptors (Lipinski definition) is 4. The van der Waals surface area contributed by atoms with Crippen LogP contribution in [0.5, 0.6) is 11.5 Å². The van der Waals surface area contributed by atoms with E-state index in [1.54, 1.807) is 12.1 Å². The van der Waals surface area contributed by atoms with E-state index in [0.717, 1.165) is 35.1 Å². The topological polar surface area (TPSA) is 66.8 Å². The van der Waals surface area contributed by atoms with Crippen LogP contribution in [0.25, 0.3) is 0 Å². The van der Waals surface area contributed by atoms with Gasteiger partial charge in [-0.3, -0.25) is 4.79 Å². The van der Waals surface area contributed by atoms with Crippen molar-refractivity contribution in [1.82, 2.24) is 0 Å². The van der Waals surface area contributed by atoms with Crippen molar-refractivity contribution >= 4 is 5.97 Å². The summed E-state index contributed by atoms with van der Waals surface area (Å²) in [7, 11) is 0. The number of unbranched alkanes of at least 4 members (excludes halogenated alkanes) is 9.